The molecule has 0 saturated carbocycles. The first-order chi connectivity index (χ1) is 12.7. The lowest BCUT2D eigenvalue weighted by Gasteiger charge is -2.43. The lowest BCUT2D eigenvalue weighted by Crippen LogP contribution is -2.47. The Kier molecular flexibility index (Phi) is 3.19. The Balaban J connectivity index is 1.81. The first-order valence-electron chi connectivity index (χ1n) is 8.49. The second-order valence-electron chi connectivity index (χ2n) is 6.40. The number of carbonyl (C=O) groups is 1. The van der Waals surface area contributed by atoms with Crippen LogP contribution < -0.4 is 10.2 Å². The van der Waals surface area contributed by atoms with Gasteiger partial charge in [-0.15, -0.1) is 0 Å². The lowest BCUT2D eigenvalue weighted by molar-refractivity contribution is 0.0925. The molecule has 0 fully saturated rings. The van der Waals surface area contributed by atoms with Crippen LogP contribution in [0.25, 0.3) is 11.8 Å². The molecule has 0 aromatic heterocycles. The topological polar surface area (TPSA) is 32.3 Å². The molecule has 126 valence electrons. The van der Waals surface area contributed by atoms with Gasteiger partial charge >= 0.3 is 0 Å². The van der Waals surface area contributed by atoms with Gasteiger partial charge in [0.05, 0.1) is 16.9 Å². The van der Waals surface area contributed by atoms with Crippen molar-refractivity contribution in [1.82, 2.24) is 5.32 Å². The summed E-state index contributed by atoms with van der Waals surface area (Å²) < 4.78 is 14.4. The Morgan fingerprint density at radius 2 is 1.65 bits per heavy atom. The molecule has 2 aliphatic rings. The molecule has 0 radical (unpaired) electrons. The number of amides is 1. The van der Waals surface area contributed by atoms with Crippen molar-refractivity contribution in [2.24, 2.45) is 0 Å². The smallest absolute Gasteiger partial charge is 0.258 e. The minimum absolute atomic E-state index is 0.0879. The summed E-state index contributed by atoms with van der Waals surface area (Å²) in [5.41, 5.74) is 4.66. The fraction of sp³-hybridized carbons (Fsp3) is 0.0455. The van der Waals surface area contributed by atoms with E-state index in [1.165, 1.54) is 6.07 Å². The van der Waals surface area contributed by atoms with Crippen molar-refractivity contribution in [2.75, 3.05) is 4.90 Å². The first kappa shape index (κ1) is 14.9. The summed E-state index contributed by atoms with van der Waals surface area (Å²) in [4.78, 5) is 14.6. The molecule has 2 aliphatic heterocycles. The number of nitrogens with one attached hydrogen (secondary N) is 1. The Hall–Kier alpha value is -3.40. The van der Waals surface area contributed by atoms with Crippen molar-refractivity contribution in [3.8, 4) is 0 Å². The van der Waals surface area contributed by atoms with E-state index in [2.05, 4.69) is 11.4 Å². The Labute approximate surface area is 150 Å². The van der Waals surface area contributed by atoms with Crippen LogP contribution in [0.5, 0.6) is 0 Å². The molecule has 1 amide bonds. The minimum atomic E-state index is -0.510. The predicted molar refractivity (Wildman–Crippen MR) is 99.8 cm³/mol. The number of benzene rings is 3. The van der Waals surface area contributed by atoms with Crippen molar-refractivity contribution in [3.05, 3.63) is 101 Å². The summed E-state index contributed by atoms with van der Waals surface area (Å²) in [6.07, 6.45) is 1.72. The predicted octanol–water partition coefficient (Wildman–Crippen LogP) is 4.59. The average molecular weight is 342 g/mol. The highest BCUT2D eigenvalue weighted by Gasteiger charge is 2.38. The maximum atomic E-state index is 14.4. The lowest BCUT2D eigenvalue weighted by atomic mass is 9.92. The van der Waals surface area contributed by atoms with Crippen molar-refractivity contribution >= 4 is 23.4 Å². The normalized spacial score (nSPS) is 17.6. The van der Waals surface area contributed by atoms with Gasteiger partial charge in [0.25, 0.3) is 5.91 Å². The van der Waals surface area contributed by atoms with Gasteiger partial charge in [-0.1, -0.05) is 60.7 Å². The molecule has 5 rings (SSSR count). The van der Waals surface area contributed by atoms with Crippen LogP contribution in [0.4, 0.5) is 10.1 Å². The monoisotopic (exact) mass is 342 g/mol. The van der Waals surface area contributed by atoms with Gasteiger partial charge in [0.15, 0.2) is 0 Å². The van der Waals surface area contributed by atoms with Gasteiger partial charge in [0, 0.05) is 5.56 Å². The van der Waals surface area contributed by atoms with E-state index in [1.54, 1.807) is 12.1 Å². The molecule has 4 heteroatoms. The number of rotatable bonds is 1. The quantitative estimate of drug-likeness (QED) is 0.702. The fourth-order valence-electron chi connectivity index (χ4n) is 3.76. The van der Waals surface area contributed by atoms with Crippen LogP contribution in [0.3, 0.4) is 0 Å². The second-order valence-corrected chi connectivity index (χ2v) is 6.40. The van der Waals surface area contributed by atoms with Gasteiger partial charge < -0.3 is 10.2 Å². The summed E-state index contributed by atoms with van der Waals surface area (Å²) in [6.45, 7) is 0. The van der Waals surface area contributed by atoms with Crippen molar-refractivity contribution < 1.29 is 9.18 Å². The molecule has 1 N–H and O–H groups in total. The average Bonchev–Trinajstić information content (AvgIpc) is 2.68. The molecule has 26 heavy (non-hydrogen) atoms. The maximum absolute atomic E-state index is 14.4. The Morgan fingerprint density at radius 3 is 2.50 bits per heavy atom. The first-order valence-corrected chi connectivity index (χ1v) is 8.49. The van der Waals surface area contributed by atoms with Gasteiger partial charge in [-0.3, -0.25) is 4.79 Å². The molecular weight excluding hydrogens is 327 g/mol. The van der Waals surface area contributed by atoms with E-state index in [0.29, 0.717) is 5.69 Å². The van der Waals surface area contributed by atoms with Gasteiger partial charge in [-0.25, -0.2) is 4.39 Å². The zero-order valence-corrected chi connectivity index (χ0v) is 13.8. The highest BCUT2D eigenvalue weighted by atomic mass is 19.1. The zero-order valence-electron chi connectivity index (χ0n) is 13.8. The van der Waals surface area contributed by atoms with E-state index < -0.39 is 5.82 Å². The summed E-state index contributed by atoms with van der Waals surface area (Å²) in [7, 11) is 0. The summed E-state index contributed by atoms with van der Waals surface area (Å²) >= 11 is 0. The van der Waals surface area contributed by atoms with Crippen LogP contribution in [-0.4, -0.2) is 5.91 Å². The van der Waals surface area contributed by atoms with Crippen LogP contribution in [0, 0.1) is 5.82 Å². The van der Waals surface area contributed by atoms with Crippen LogP contribution in [0.1, 0.15) is 33.2 Å². The number of halogens is 1. The van der Waals surface area contributed by atoms with Crippen molar-refractivity contribution in [1.29, 1.82) is 0 Å². The fourth-order valence-corrected chi connectivity index (χ4v) is 3.76. The molecule has 3 aromatic rings. The molecule has 0 aliphatic carbocycles. The third kappa shape index (κ3) is 2.09. The summed E-state index contributed by atoms with van der Waals surface area (Å²) in [5.74, 6) is -0.895. The van der Waals surface area contributed by atoms with Crippen molar-refractivity contribution in [3.63, 3.8) is 0 Å². The van der Waals surface area contributed by atoms with E-state index in [4.69, 9.17) is 0 Å². The van der Waals surface area contributed by atoms with Crippen LogP contribution in [0.15, 0.2) is 72.8 Å². The highest BCUT2D eigenvalue weighted by Crippen LogP contribution is 2.44. The molecule has 3 nitrogen and oxygen atoms in total. The summed E-state index contributed by atoms with van der Waals surface area (Å²) in [5, 5.41) is 2.98. The number of nitrogens with zero attached hydrogens (tertiary/aromatic N) is 1. The number of carbonyl (C=O) groups excluding carboxylic acids is 1. The van der Waals surface area contributed by atoms with E-state index in [-0.39, 0.29) is 17.6 Å². The molecule has 2 heterocycles. The molecular formula is C22H15FN2O. The molecule has 0 saturated heterocycles. The third-order valence-corrected chi connectivity index (χ3v) is 4.92. The standard InChI is InChI=1S/C22H15FN2O/c23-17-11-6-12-18-20(17)22(26)24-21-16-10-5-4-9-15(16)13-19(25(18)21)14-7-2-1-3-8-14/h1-13,21H,(H,24,26). The molecule has 0 bridgehead atoms. The largest absolute Gasteiger partial charge is 0.327 e. The number of fused-ring (bicyclic) bond motifs is 5. The number of anilines is 1. The van der Waals surface area contributed by atoms with E-state index in [0.717, 1.165) is 22.4 Å². The molecule has 1 unspecified atom stereocenters. The van der Waals surface area contributed by atoms with E-state index >= 15 is 0 Å². The molecule has 1 atom stereocenters. The Morgan fingerprint density at radius 1 is 0.885 bits per heavy atom. The third-order valence-electron chi connectivity index (χ3n) is 4.92. The summed E-state index contributed by atoms with van der Waals surface area (Å²) in [6, 6.07) is 22.7. The Bertz CT molecular complexity index is 1060. The number of hydrogen-bond donors (Lipinski definition) is 1. The SMILES string of the molecule is O=C1NC2c3ccccc3C=C(c3ccccc3)N2c2cccc(F)c21. The van der Waals surface area contributed by atoms with E-state index in [9.17, 15) is 9.18 Å². The maximum Gasteiger partial charge on any atom is 0.258 e. The van der Waals surface area contributed by atoms with Gasteiger partial charge in [-0.05, 0) is 29.3 Å². The highest BCUT2D eigenvalue weighted by molar-refractivity contribution is 6.07. The van der Waals surface area contributed by atoms with Crippen LogP contribution in [0.2, 0.25) is 0 Å². The van der Waals surface area contributed by atoms with Crippen molar-refractivity contribution in [2.45, 2.75) is 6.17 Å². The van der Waals surface area contributed by atoms with Gasteiger partial charge in [0.2, 0.25) is 0 Å². The number of hydrogen-bond acceptors (Lipinski definition) is 2. The molecule has 3 aromatic carbocycles. The van der Waals surface area contributed by atoms with E-state index in [1.807, 2.05) is 59.5 Å². The van der Waals surface area contributed by atoms with Gasteiger partial charge in [0.1, 0.15) is 12.0 Å². The zero-order chi connectivity index (χ0) is 17.7. The second kappa shape index (κ2) is 5.56. The van der Waals surface area contributed by atoms with Gasteiger partial charge in [-0.2, -0.15) is 0 Å². The minimum Gasteiger partial charge on any atom is -0.327 e. The molecule has 0 spiro atoms. The van der Waals surface area contributed by atoms with Crippen LogP contribution in [-0.2, 0) is 0 Å². The van der Waals surface area contributed by atoms with Crippen LogP contribution >= 0.6 is 0 Å².